The number of unbranched alkanes of at least 4 members (excludes halogenated alkanes) is 35. The fourth-order valence-electron chi connectivity index (χ4n) is 11.4. The van der Waals surface area contributed by atoms with Crippen LogP contribution in [-0.2, 0) is 55.8 Å². The molecule has 0 spiro atoms. The van der Waals surface area contributed by atoms with Crippen LogP contribution in [0.5, 0.6) is 0 Å². The number of hydrogen-bond acceptors (Lipinski definition) is 14. The van der Waals surface area contributed by atoms with Crippen molar-refractivity contribution >= 4 is 33.6 Å². The molecule has 0 fully saturated rings. The maximum atomic E-state index is 13.0. The van der Waals surface area contributed by atoms with Crippen molar-refractivity contribution in [2.24, 2.45) is 0 Å². The van der Waals surface area contributed by atoms with Gasteiger partial charge in [0.1, 0.15) is 25.4 Å². The first-order valence-electron chi connectivity index (χ1n) is 42.5. The zero-order chi connectivity index (χ0) is 78.0. The average Bonchev–Trinajstić information content (AvgIpc) is 0.908. The number of carbonyl (C=O) groups is 3. The highest BCUT2D eigenvalue weighted by Gasteiger charge is 2.29. The number of rotatable bonds is 80. The molecular formula is C89H154O16P2. The molecule has 0 heterocycles. The van der Waals surface area contributed by atoms with Gasteiger partial charge in [0.05, 0.1) is 26.4 Å². The summed E-state index contributed by atoms with van der Waals surface area (Å²) >= 11 is 0. The minimum atomic E-state index is -4.94. The summed E-state index contributed by atoms with van der Waals surface area (Å²) in [6.45, 7) is 2.48. The molecule has 0 aliphatic rings. The first-order valence-corrected chi connectivity index (χ1v) is 45.5. The van der Waals surface area contributed by atoms with Crippen LogP contribution >= 0.6 is 15.6 Å². The van der Waals surface area contributed by atoms with E-state index < -0.39 is 91.5 Å². The zero-order valence-electron chi connectivity index (χ0n) is 67.5. The smallest absolute Gasteiger partial charge is 0.463 e. The number of phosphoric acid groups is 2. The number of allylic oxidation sites excluding steroid dienone is 22. The fraction of sp³-hybridized carbons (Fsp3) is 0.719. The molecule has 0 aliphatic heterocycles. The third-order valence-corrected chi connectivity index (χ3v) is 19.7. The highest BCUT2D eigenvalue weighted by atomic mass is 31.2. The van der Waals surface area contributed by atoms with Crippen LogP contribution in [0.1, 0.15) is 355 Å². The number of hydrogen-bond donors (Lipinski definition) is 4. The maximum Gasteiger partial charge on any atom is 0.472 e. The van der Waals surface area contributed by atoms with Crippen LogP contribution in [0, 0.1) is 0 Å². The Morgan fingerprint density at radius 2 is 0.514 bits per heavy atom. The first-order chi connectivity index (χ1) is 52.2. The number of phosphoric ester groups is 2. The molecule has 5 atom stereocenters. The molecule has 4 N–H and O–H groups in total. The van der Waals surface area contributed by atoms with Gasteiger partial charge in [-0.05, 0) is 135 Å². The lowest BCUT2D eigenvalue weighted by atomic mass is 10.0. The first kappa shape index (κ1) is 103. The molecule has 0 amide bonds. The van der Waals surface area contributed by atoms with Crippen LogP contribution in [0.25, 0.3) is 0 Å². The van der Waals surface area contributed by atoms with Crippen LogP contribution in [0.4, 0.5) is 0 Å². The van der Waals surface area contributed by atoms with Crippen molar-refractivity contribution in [3.8, 4) is 0 Å². The minimum Gasteiger partial charge on any atom is -0.463 e. The van der Waals surface area contributed by atoms with Crippen LogP contribution in [0.15, 0.2) is 134 Å². The summed E-state index contributed by atoms with van der Waals surface area (Å²) in [4.78, 5) is 58.7. The zero-order valence-corrected chi connectivity index (χ0v) is 69.3. The summed E-state index contributed by atoms with van der Waals surface area (Å²) in [6.07, 6.45) is 99.4. The molecule has 0 saturated carbocycles. The van der Waals surface area contributed by atoms with Gasteiger partial charge in [-0.1, -0.05) is 334 Å². The van der Waals surface area contributed by atoms with Gasteiger partial charge in [0.2, 0.25) is 0 Å². The van der Waals surface area contributed by atoms with Gasteiger partial charge < -0.3 is 34.2 Å². The van der Waals surface area contributed by atoms with Gasteiger partial charge in [0, 0.05) is 19.3 Å². The lowest BCUT2D eigenvalue weighted by molar-refractivity contribution is -0.161. The van der Waals surface area contributed by atoms with E-state index in [-0.39, 0.29) is 19.3 Å². The van der Waals surface area contributed by atoms with Crippen molar-refractivity contribution in [2.45, 2.75) is 373 Å². The number of ether oxygens (including phenoxy) is 3. The van der Waals surface area contributed by atoms with E-state index in [1.807, 2.05) is 0 Å². The van der Waals surface area contributed by atoms with Crippen LogP contribution in [0.2, 0.25) is 0 Å². The van der Waals surface area contributed by atoms with Gasteiger partial charge >= 0.3 is 33.6 Å². The van der Waals surface area contributed by atoms with E-state index in [2.05, 4.69) is 154 Å². The quantitative estimate of drug-likeness (QED) is 0.0146. The standard InChI is InChI=1S/C89H154O16P2/c1-4-7-10-13-16-19-22-25-27-29-31-33-35-37-38-39-40-41-42-43-44-46-48-49-51-53-55-58-60-63-66-69-72-75-87(92)99-78-84(90)79-101-106(95,96)102-80-85(91)81-103-107(97,98)104-83-86(105-89(94)77-74-71-68-65-62-57-24-21-18-15-12-9-6-3)82-100-88(93)76-73-70-67-64-61-59-56-54-52-50-47-45-36-34-32-30-28-26-23-20-17-14-11-8-5-2/h7,10,12,15-17,19-21,24-28,31-34,37-38,45,47,84-86,90-91H,4-6,8-9,11,13-14,18,22-23,29-30,35-36,39-44,46,48-83H2,1-3H3,(H,95,96)(H,97,98)/b10-7-,15-12-,19-16-,20-17-,24-21-,27-25-,28-26-,33-31-,34-32-,38-37-,47-45-. The predicted molar refractivity (Wildman–Crippen MR) is 445 cm³/mol. The van der Waals surface area contributed by atoms with E-state index in [0.29, 0.717) is 19.3 Å². The van der Waals surface area contributed by atoms with Crippen molar-refractivity contribution in [2.75, 3.05) is 39.6 Å². The lowest BCUT2D eigenvalue weighted by Gasteiger charge is -2.21. The second-order valence-corrected chi connectivity index (χ2v) is 31.2. The number of aliphatic hydroxyl groups excluding tert-OH is 2. The van der Waals surface area contributed by atoms with Crippen LogP contribution in [0.3, 0.4) is 0 Å². The highest BCUT2D eigenvalue weighted by Crippen LogP contribution is 2.45. The summed E-state index contributed by atoms with van der Waals surface area (Å²) in [5, 5.41) is 20.7. The van der Waals surface area contributed by atoms with Crippen LogP contribution in [-0.4, -0.2) is 95.9 Å². The van der Waals surface area contributed by atoms with Gasteiger partial charge in [-0.2, -0.15) is 0 Å². The molecule has 16 nitrogen and oxygen atoms in total. The Labute approximate surface area is 652 Å². The Morgan fingerprint density at radius 1 is 0.271 bits per heavy atom. The second kappa shape index (κ2) is 81.2. The molecule has 5 unspecified atom stereocenters. The van der Waals surface area contributed by atoms with Crippen molar-refractivity contribution in [3.05, 3.63) is 134 Å². The van der Waals surface area contributed by atoms with Crippen molar-refractivity contribution in [3.63, 3.8) is 0 Å². The number of esters is 3. The molecular weight excluding hydrogens is 1390 g/mol. The Bertz CT molecular complexity index is 2480. The molecule has 0 aromatic rings. The summed E-state index contributed by atoms with van der Waals surface area (Å²) < 4.78 is 61.2. The van der Waals surface area contributed by atoms with Gasteiger partial charge in [-0.25, -0.2) is 9.13 Å². The summed E-state index contributed by atoms with van der Waals surface area (Å²) in [7, 11) is -9.80. The third kappa shape index (κ3) is 82.5. The molecule has 0 aromatic carbocycles. The molecule has 18 heteroatoms. The summed E-state index contributed by atoms with van der Waals surface area (Å²) in [5.74, 6) is -1.59. The minimum absolute atomic E-state index is 0.0855. The summed E-state index contributed by atoms with van der Waals surface area (Å²) in [6, 6.07) is 0. The lowest BCUT2D eigenvalue weighted by Crippen LogP contribution is -2.30. The Morgan fingerprint density at radius 3 is 0.822 bits per heavy atom. The topological polar surface area (TPSA) is 231 Å². The second-order valence-electron chi connectivity index (χ2n) is 28.2. The molecule has 0 radical (unpaired) electrons. The molecule has 616 valence electrons. The maximum absolute atomic E-state index is 13.0. The van der Waals surface area contributed by atoms with Crippen LogP contribution < -0.4 is 0 Å². The Hall–Kier alpha value is -4.31. The Balaban J connectivity index is 4.42. The van der Waals surface area contributed by atoms with Crippen molar-refractivity contribution < 1.29 is 75.8 Å². The van der Waals surface area contributed by atoms with E-state index in [1.54, 1.807) is 0 Å². The Kier molecular flexibility index (Phi) is 77.9. The average molecular weight is 1540 g/mol. The van der Waals surface area contributed by atoms with E-state index in [4.69, 9.17) is 32.3 Å². The summed E-state index contributed by atoms with van der Waals surface area (Å²) in [5.41, 5.74) is 0. The van der Waals surface area contributed by atoms with E-state index in [1.165, 1.54) is 141 Å². The van der Waals surface area contributed by atoms with Gasteiger partial charge in [-0.3, -0.25) is 32.5 Å². The number of carbonyl (C=O) groups excluding carboxylic acids is 3. The SMILES string of the molecule is CC/C=C\C/C=C\C/C=C\C/C=C\C/C=C\CCCCCCCCCCCCCCCCCCCC(=O)OCC(O)COP(=O)(O)OCC(O)COP(=O)(O)OCC(COC(=O)CCCCCCCCCCC/C=C\C/C=C\C/C=C\C/C=C\CCCCC)OC(=O)CCCCCCC/C=C\C/C=C\CCC. The van der Waals surface area contributed by atoms with Crippen molar-refractivity contribution in [1.29, 1.82) is 0 Å². The van der Waals surface area contributed by atoms with E-state index >= 15 is 0 Å². The highest BCUT2D eigenvalue weighted by molar-refractivity contribution is 7.47. The van der Waals surface area contributed by atoms with E-state index in [0.717, 1.165) is 154 Å². The van der Waals surface area contributed by atoms with Gasteiger partial charge in [0.25, 0.3) is 0 Å². The van der Waals surface area contributed by atoms with E-state index in [9.17, 15) is 43.5 Å². The largest absolute Gasteiger partial charge is 0.472 e. The fourth-order valence-corrected chi connectivity index (χ4v) is 13.0. The van der Waals surface area contributed by atoms with Gasteiger partial charge in [-0.15, -0.1) is 0 Å². The molecule has 0 aliphatic carbocycles. The predicted octanol–water partition coefficient (Wildman–Crippen LogP) is 25.4. The normalized spacial score (nSPS) is 14.6. The molecule has 0 aromatic heterocycles. The van der Waals surface area contributed by atoms with Crippen molar-refractivity contribution in [1.82, 2.24) is 0 Å². The molecule has 0 saturated heterocycles. The molecule has 0 rings (SSSR count). The molecule has 0 bridgehead atoms. The molecule has 107 heavy (non-hydrogen) atoms. The van der Waals surface area contributed by atoms with Gasteiger partial charge in [0.15, 0.2) is 6.10 Å². The monoisotopic (exact) mass is 1540 g/mol. The third-order valence-electron chi connectivity index (χ3n) is 17.8. The number of aliphatic hydroxyl groups is 2.